The Labute approximate surface area is 213 Å². The molecule has 3 heteroatoms. The van der Waals surface area contributed by atoms with Gasteiger partial charge in [-0.05, 0) is 48.0 Å². The van der Waals surface area contributed by atoms with Crippen molar-refractivity contribution in [1.29, 1.82) is 0 Å². The molecule has 0 bridgehead atoms. The van der Waals surface area contributed by atoms with Crippen molar-refractivity contribution in [2.75, 3.05) is 0 Å². The first-order chi connectivity index (χ1) is 18.6. The summed E-state index contributed by atoms with van der Waals surface area (Å²) >= 11 is 0. The van der Waals surface area contributed by atoms with E-state index < -0.39 is 6.85 Å². The number of aryl methyl sites for hydroxylation is 1. The van der Waals surface area contributed by atoms with E-state index in [0.717, 1.165) is 65.8 Å². The number of hydrogen-bond donors (Lipinski definition) is 0. The van der Waals surface area contributed by atoms with Crippen molar-refractivity contribution in [3.63, 3.8) is 0 Å². The van der Waals surface area contributed by atoms with Crippen LogP contribution in [0.2, 0.25) is 0 Å². The third-order valence-corrected chi connectivity index (χ3v) is 6.96. The van der Waals surface area contributed by atoms with Gasteiger partial charge in [-0.25, -0.2) is 0 Å². The third-order valence-electron chi connectivity index (χ3n) is 6.96. The van der Waals surface area contributed by atoms with Gasteiger partial charge in [0.2, 0.25) is 0 Å². The van der Waals surface area contributed by atoms with Crippen molar-refractivity contribution in [1.82, 2.24) is 4.98 Å². The predicted molar refractivity (Wildman–Crippen MR) is 150 cm³/mol. The second kappa shape index (κ2) is 7.44. The highest BCUT2D eigenvalue weighted by Gasteiger charge is 2.22. The van der Waals surface area contributed by atoms with E-state index in [1.54, 1.807) is 0 Å². The Morgan fingerprint density at radius 1 is 0.750 bits per heavy atom. The second-order valence-electron chi connectivity index (χ2n) is 10.8. The van der Waals surface area contributed by atoms with Crippen LogP contribution < -0.4 is 0 Å². The van der Waals surface area contributed by atoms with Crippen molar-refractivity contribution in [3.05, 3.63) is 90.1 Å². The molecule has 0 N–H and O–H groups in total. The maximum Gasteiger partial charge on any atom is 0.144 e. The highest BCUT2D eigenvalue weighted by atomic mass is 16.3. The number of benzene rings is 4. The van der Waals surface area contributed by atoms with Crippen molar-refractivity contribution in [3.8, 4) is 11.3 Å². The van der Waals surface area contributed by atoms with Gasteiger partial charge in [-0.3, -0.25) is 4.98 Å². The molecule has 0 aliphatic carbocycles. The summed E-state index contributed by atoms with van der Waals surface area (Å²) in [7, 11) is 0. The lowest BCUT2D eigenvalue weighted by atomic mass is 9.86. The summed E-state index contributed by atoms with van der Waals surface area (Å²) in [5, 5.41) is 6.06. The SMILES string of the molecule is [2H]C([2H])([2H])c1cnc(-c2cccc3c2oc2c4ccccc4c4oc5ccccc5c4c32)cc1CC(C)(C)C. The number of aromatic nitrogens is 1. The lowest BCUT2D eigenvalue weighted by molar-refractivity contribution is 0.410. The van der Waals surface area contributed by atoms with E-state index in [4.69, 9.17) is 12.9 Å². The highest BCUT2D eigenvalue weighted by Crippen LogP contribution is 2.46. The number of pyridine rings is 1. The van der Waals surface area contributed by atoms with Gasteiger partial charge in [-0.2, -0.15) is 0 Å². The molecular weight excluding hydrogens is 442 g/mol. The Kier molecular flexibility index (Phi) is 3.76. The number of para-hydroxylation sites is 2. The van der Waals surface area contributed by atoms with Gasteiger partial charge in [0, 0.05) is 48.2 Å². The Balaban J connectivity index is 1.58. The highest BCUT2D eigenvalue weighted by molar-refractivity contribution is 6.34. The number of furan rings is 2. The molecule has 0 atom stereocenters. The number of fused-ring (bicyclic) bond motifs is 10. The molecule has 0 aliphatic rings. The molecule has 0 saturated heterocycles. The molecule has 0 saturated carbocycles. The molecule has 3 nitrogen and oxygen atoms in total. The molecule has 176 valence electrons. The molecule has 0 radical (unpaired) electrons. The molecule has 0 spiro atoms. The fourth-order valence-electron chi connectivity index (χ4n) is 5.48. The van der Waals surface area contributed by atoms with Gasteiger partial charge in [0.1, 0.15) is 22.3 Å². The molecule has 0 fully saturated rings. The molecule has 36 heavy (non-hydrogen) atoms. The summed E-state index contributed by atoms with van der Waals surface area (Å²) in [5.74, 6) is 0. The second-order valence-corrected chi connectivity index (χ2v) is 10.8. The topological polar surface area (TPSA) is 39.2 Å². The molecular formula is C33H27NO2. The summed E-state index contributed by atoms with van der Waals surface area (Å²) in [4.78, 5) is 4.65. The standard InChI is InChI=1S/C33H27NO2/c1-19-18-34-26(16-20(19)17-33(2,3)4)23-13-9-14-25-29-28-24-12-7-8-15-27(24)35-31(28)21-10-5-6-11-22(21)32(29)36-30(23)25/h5-16,18H,17H2,1-4H3/i1D3. The van der Waals surface area contributed by atoms with Crippen molar-refractivity contribution < 1.29 is 12.9 Å². The largest absolute Gasteiger partial charge is 0.455 e. The first-order valence-corrected chi connectivity index (χ1v) is 12.3. The smallest absolute Gasteiger partial charge is 0.144 e. The van der Waals surface area contributed by atoms with Gasteiger partial charge in [0.25, 0.3) is 0 Å². The van der Waals surface area contributed by atoms with Crippen molar-refractivity contribution in [2.45, 2.75) is 34.0 Å². The molecule has 0 unspecified atom stereocenters. The summed E-state index contributed by atoms with van der Waals surface area (Å²) < 4.78 is 37.3. The van der Waals surface area contributed by atoms with E-state index in [0.29, 0.717) is 17.7 Å². The summed E-state index contributed by atoms with van der Waals surface area (Å²) in [6.07, 6.45) is 2.14. The fraction of sp³-hybridized carbons (Fsp3) is 0.182. The van der Waals surface area contributed by atoms with Gasteiger partial charge in [0.05, 0.1) is 5.69 Å². The first kappa shape index (κ1) is 18.2. The summed E-state index contributed by atoms with van der Waals surface area (Å²) in [6.45, 7) is 4.11. The quantitative estimate of drug-likeness (QED) is 0.251. The van der Waals surface area contributed by atoms with E-state index in [1.807, 2.05) is 48.5 Å². The summed E-state index contributed by atoms with van der Waals surface area (Å²) in [6, 6.07) is 24.3. The molecule has 7 aromatic rings. The van der Waals surface area contributed by atoms with Gasteiger partial charge < -0.3 is 8.83 Å². The van der Waals surface area contributed by atoms with Crippen molar-refractivity contribution in [2.24, 2.45) is 5.41 Å². The molecule has 3 heterocycles. The Morgan fingerprint density at radius 3 is 2.17 bits per heavy atom. The van der Waals surface area contributed by atoms with Gasteiger partial charge in [-0.1, -0.05) is 75.4 Å². The van der Waals surface area contributed by atoms with E-state index in [1.165, 1.54) is 6.20 Å². The lowest BCUT2D eigenvalue weighted by Gasteiger charge is -2.20. The minimum absolute atomic E-state index is 0.0865. The van der Waals surface area contributed by atoms with E-state index in [-0.39, 0.29) is 5.41 Å². The monoisotopic (exact) mass is 472 g/mol. The first-order valence-electron chi connectivity index (χ1n) is 13.8. The number of hydrogen-bond acceptors (Lipinski definition) is 3. The van der Waals surface area contributed by atoms with Crippen LogP contribution >= 0.6 is 0 Å². The zero-order valence-electron chi connectivity index (χ0n) is 23.5. The Hall–Kier alpha value is -4.11. The molecule has 0 amide bonds. The van der Waals surface area contributed by atoms with Gasteiger partial charge in [0.15, 0.2) is 0 Å². The van der Waals surface area contributed by atoms with Crippen LogP contribution in [0.5, 0.6) is 0 Å². The van der Waals surface area contributed by atoms with Crippen molar-refractivity contribution >= 4 is 54.6 Å². The zero-order chi connectivity index (χ0) is 27.1. The molecule has 4 aromatic carbocycles. The number of nitrogens with zero attached hydrogens (tertiary/aromatic N) is 1. The van der Waals surface area contributed by atoms with Gasteiger partial charge >= 0.3 is 0 Å². The van der Waals surface area contributed by atoms with Gasteiger partial charge in [-0.15, -0.1) is 0 Å². The zero-order valence-corrected chi connectivity index (χ0v) is 20.5. The minimum atomic E-state index is -2.23. The minimum Gasteiger partial charge on any atom is -0.455 e. The van der Waals surface area contributed by atoms with Crippen LogP contribution in [0.4, 0.5) is 0 Å². The van der Waals surface area contributed by atoms with Crippen LogP contribution in [0.1, 0.15) is 36.0 Å². The average molecular weight is 473 g/mol. The van der Waals surface area contributed by atoms with Crippen LogP contribution in [0, 0.1) is 12.3 Å². The molecule has 3 aromatic heterocycles. The molecule has 7 rings (SSSR count). The van der Waals surface area contributed by atoms with Crippen LogP contribution in [0.3, 0.4) is 0 Å². The lowest BCUT2D eigenvalue weighted by Crippen LogP contribution is -2.10. The molecule has 0 aliphatic heterocycles. The predicted octanol–water partition coefficient (Wildman–Crippen LogP) is 9.60. The van der Waals surface area contributed by atoms with Crippen LogP contribution in [0.15, 0.2) is 87.8 Å². The normalized spacial score (nSPS) is 14.1. The third kappa shape index (κ3) is 3.09. The van der Waals surface area contributed by atoms with Crippen LogP contribution in [0.25, 0.3) is 65.9 Å². The van der Waals surface area contributed by atoms with Crippen LogP contribution in [-0.4, -0.2) is 4.98 Å². The average Bonchev–Trinajstić information content (AvgIpc) is 3.46. The Morgan fingerprint density at radius 2 is 1.42 bits per heavy atom. The van der Waals surface area contributed by atoms with Crippen LogP contribution in [-0.2, 0) is 6.42 Å². The Bertz CT molecular complexity index is 2070. The van der Waals surface area contributed by atoms with E-state index in [2.05, 4.69) is 50.0 Å². The summed E-state index contributed by atoms with van der Waals surface area (Å²) in [5.41, 5.74) is 5.75. The maximum absolute atomic E-state index is 8.07. The van der Waals surface area contributed by atoms with E-state index >= 15 is 0 Å². The number of rotatable bonds is 2. The van der Waals surface area contributed by atoms with E-state index in [9.17, 15) is 0 Å². The maximum atomic E-state index is 8.07. The fourth-order valence-corrected chi connectivity index (χ4v) is 5.48.